The van der Waals surface area contributed by atoms with Gasteiger partial charge in [-0.3, -0.25) is 0 Å². The first-order valence-corrected chi connectivity index (χ1v) is 11.0. The van der Waals surface area contributed by atoms with Gasteiger partial charge in [0.2, 0.25) is 0 Å². The average molecular weight is 427 g/mol. The minimum Gasteiger partial charge on any atom is -0.497 e. The van der Waals surface area contributed by atoms with E-state index in [1.165, 1.54) is 11.1 Å². The summed E-state index contributed by atoms with van der Waals surface area (Å²) in [5.41, 5.74) is 2.59. The van der Waals surface area contributed by atoms with Crippen LogP contribution in [0.1, 0.15) is 35.6 Å². The highest BCUT2D eigenvalue weighted by Gasteiger charge is 2.09. The van der Waals surface area contributed by atoms with Crippen molar-refractivity contribution in [3.8, 4) is 5.75 Å². The zero-order chi connectivity index (χ0) is 21.3. The highest BCUT2D eigenvalue weighted by molar-refractivity contribution is 7.07. The zero-order valence-electron chi connectivity index (χ0n) is 18.1. The van der Waals surface area contributed by atoms with Crippen molar-refractivity contribution in [2.45, 2.75) is 32.7 Å². The van der Waals surface area contributed by atoms with E-state index in [-0.39, 0.29) is 0 Å². The van der Waals surface area contributed by atoms with E-state index in [1.54, 1.807) is 18.4 Å². The van der Waals surface area contributed by atoms with Gasteiger partial charge in [0, 0.05) is 20.1 Å². The molecule has 7 nitrogen and oxygen atoms in total. The fourth-order valence-electron chi connectivity index (χ4n) is 2.95. The number of nitrogens with zero attached hydrogens (tertiary/aromatic N) is 4. The monoisotopic (exact) mass is 426 g/mol. The predicted molar refractivity (Wildman–Crippen MR) is 122 cm³/mol. The molecule has 2 N–H and O–H groups in total. The number of benzene rings is 1. The molecule has 3 rings (SSSR count). The first-order valence-electron chi connectivity index (χ1n) is 10.1. The smallest absolute Gasteiger partial charge is 0.191 e. The predicted octanol–water partition coefficient (Wildman–Crippen LogP) is 3.28. The second-order valence-corrected chi connectivity index (χ2v) is 8.03. The lowest BCUT2D eigenvalue weighted by atomic mass is 10.1. The van der Waals surface area contributed by atoms with Crippen LogP contribution in [0.3, 0.4) is 0 Å². The molecule has 8 heteroatoms. The summed E-state index contributed by atoms with van der Waals surface area (Å²) in [5, 5.41) is 19.6. The Morgan fingerprint density at radius 3 is 2.63 bits per heavy atom. The van der Waals surface area contributed by atoms with Gasteiger partial charge in [-0.15, -0.1) is 10.2 Å². The summed E-state index contributed by atoms with van der Waals surface area (Å²) >= 11 is 1.73. The highest BCUT2D eigenvalue weighted by atomic mass is 32.1. The maximum absolute atomic E-state index is 5.23. The van der Waals surface area contributed by atoms with E-state index in [0.29, 0.717) is 12.5 Å². The Morgan fingerprint density at radius 1 is 1.20 bits per heavy atom. The number of aliphatic imine (C=N–C) groups is 1. The fourth-order valence-corrected chi connectivity index (χ4v) is 3.74. The van der Waals surface area contributed by atoms with E-state index in [4.69, 9.17) is 9.73 Å². The molecule has 0 fully saturated rings. The molecule has 0 aliphatic rings. The Balaban J connectivity index is 1.59. The van der Waals surface area contributed by atoms with Crippen LogP contribution in [0.15, 0.2) is 46.1 Å². The molecule has 0 bridgehead atoms. The van der Waals surface area contributed by atoms with Crippen LogP contribution >= 0.6 is 11.3 Å². The molecule has 1 unspecified atom stereocenters. The van der Waals surface area contributed by atoms with Crippen molar-refractivity contribution < 1.29 is 4.74 Å². The first-order chi connectivity index (χ1) is 14.6. The minimum atomic E-state index is 0.405. The second kappa shape index (κ2) is 10.8. The van der Waals surface area contributed by atoms with Crippen LogP contribution in [0.4, 0.5) is 0 Å². The number of methoxy groups -OCH3 is 1. The van der Waals surface area contributed by atoms with Crippen molar-refractivity contribution >= 4 is 17.3 Å². The van der Waals surface area contributed by atoms with E-state index in [9.17, 15) is 0 Å². The third-order valence-corrected chi connectivity index (χ3v) is 5.82. The molecular weight excluding hydrogens is 396 g/mol. The van der Waals surface area contributed by atoms with Gasteiger partial charge >= 0.3 is 0 Å². The lowest BCUT2D eigenvalue weighted by Gasteiger charge is -2.16. The number of ether oxygens (including phenoxy) is 1. The van der Waals surface area contributed by atoms with Gasteiger partial charge in [-0.1, -0.05) is 19.1 Å². The molecule has 3 aromatic rings. The van der Waals surface area contributed by atoms with Crippen molar-refractivity contribution in [2.75, 3.05) is 20.2 Å². The molecule has 0 aliphatic heterocycles. The number of hydrogen-bond acceptors (Lipinski definition) is 5. The van der Waals surface area contributed by atoms with E-state index in [2.05, 4.69) is 56.7 Å². The van der Waals surface area contributed by atoms with E-state index in [1.807, 2.05) is 30.7 Å². The van der Waals surface area contributed by atoms with Gasteiger partial charge in [-0.25, -0.2) is 4.99 Å². The third kappa shape index (κ3) is 6.06. The van der Waals surface area contributed by atoms with Crippen molar-refractivity contribution in [1.29, 1.82) is 0 Å². The van der Waals surface area contributed by atoms with Gasteiger partial charge in [0.15, 0.2) is 11.8 Å². The Kier molecular flexibility index (Phi) is 7.84. The molecule has 0 saturated carbocycles. The van der Waals surface area contributed by atoms with Crippen LogP contribution < -0.4 is 15.4 Å². The summed E-state index contributed by atoms with van der Waals surface area (Å²) in [6.07, 6.45) is 0.897. The van der Waals surface area contributed by atoms with Crippen molar-refractivity contribution in [1.82, 2.24) is 25.4 Å². The topological polar surface area (TPSA) is 76.4 Å². The van der Waals surface area contributed by atoms with Crippen LogP contribution in [0.5, 0.6) is 5.75 Å². The Hall–Kier alpha value is -2.87. The highest BCUT2D eigenvalue weighted by Crippen LogP contribution is 2.17. The number of nitrogens with one attached hydrogen (secondary N) is 2. The average Bonchev–Trinajstić information content (AvgIpc) is 3.41. The maximum atomic E-state index is 5.23. The van der Waals surface area contributed by atoms with E-state index < -0.39 is 0 Å². The Morgan fingerprint density at radius 2 is 2.00 bits per heavy atom. The molecule has 0 spiro atoms. The zero-order valence-corrected chi connectivity index (χ0v) is 18.9. The maximum Gasteiger partial charge on any atom is 0.191 e. The number of aryl methyl sites for hydroxylation is 1. The van der Waals surface area contributed by atoms with Gasteiger partial charge in [0.1, 0.15) is 18.1 Å². The molecule has 1 aromatic carbocycles. The van der Waals surface area contributed by atoms with Crippen LogP contribution in [0, 0.1) is 6.92 Å². The lowest BCUT2D eigenvalue weighted by molar-refractivity contribution is 0.414. The van der Waals surface area contributed by atoms with Crippen LogP contribution in [0.25, 0.3) is 0 Å². The van der Waals surface area contributed by atoms with Gasteiger partial charge in [0.05, 0.1) is 7.11 Å². The fraction of sp³-hybridized carbons (Fsp3) is 0.409. The van der Waals surface area contributed by atoms with Crippen LogP contribution in [-0.4, -0.2) is 40.9 Å². The van der Waals surface area contributed by atoms with Crippen molar-refractivity contribution in [2.24, 2.45) is 12.0 Å². The molecule has 0 aliphatic carbocycles. The van der Waals surface area contributed by atoms with Gasteiger partial charge in [0.25, 0.3) is 0 Å². The van der Waals surface area contributed by atoms with E-state index >= 15 is 0 Å². The molecule has 0 saturated heterocycles. The van der Waals surface area contributed by atoms with Gasteiger partial charge in [-0.05, 0) is 59.3 Å². The normalized spacial score (nSPS) is 12.6. The summed E-state index contributed by atoms with van der Waals surface area (Å²) in [5.74, 6) is 3.79. The summed E-state index contributed by atoms with van der Waals surface area (Å²) in [6.45, 7) is 6.22. The molecule has 0 radical (unpaired) electrons. The molecule has 2 heterocycles. The first kappa shape index (κ1) is 21.8. The standard InChI is InChI=1S/C22H30N6OS/c1-16(19-10-12-30-15-19)13-24-22(25-14-21-27-26-17(2)28(21)3)23-11-9-18-5-7-20(29-4)8-6-18/h5-8,10,12,15-16H,9,11,13-14H2,1-4H3,(H2,23,24,25). The quantitative estimate of drug-likeness (QED) is 0.406. The van der Waals surface area contributed by atoms with Gasteiger partial charge in [-0.2, -0.15) is 11.3 Å². The molecule has 1 atom stereocenters. The number of aromatic nitrogens is 3. The minimum absolute atomic E-state index is 0.405. The SMILES string of the molecule is COc1ccc(CCNC(=NCc2nnc(C)n2C)NCC(C)c2ccsc2)cc1. The summed E-state index contributed by atoms with van der Waals surface area (Å²) in [6, 6.07) is 10.3. The number of rotatable bonds is 9. The third-order valence-electron chi connectivity index (χ3n) is 5.11. The second-order valence-electron chi connectivity index (χ2n) is 7.25. The van der Waals surface area contributed by atoms with Crippen molar-refractivity contribution in [3.05, 3.63) is 63.9 Å². The molecule has 160 valence electrons. The molecule has 30 heavy (non-hydrogen) atoms. The molecule has 2 aromatic heterocycles. The summed E-state index contributed by atoms with van der Waals surface area (Å²) in [4.78, 5) is 4.73. The lowest BCUT2D eigenvalue weighted by Crippen LogP contribution is -2.40. The summed E-state index contributed by atoms with van der Waals surface area (Å²) < 4.78 is 7.19. The van der Waals surface area contributed by atoms with Gasteiger partial charge < -0.3 is 19.9 Å². The van der Waals surface area contributed by atoms with E-state index in [0.717, 1.165) is 42.9 Å². The largest absolute Gasteiger partial charge is 0.497 e. The molecular formula is C22H30N6OS. The number of thiophene rings is 1. The summed E-state index contributed by atoms with van der Waals surface area (Å²) in [7, 11) is 3.64. The Labute approximate surface area is 182 Å². The van der Waals surface area contributed by atoms with Crippen LogP contribution in [-0.2, 0) is 20.0 Å². The molecule has 0 amide bonds. The number of guanidine groups is 1. The number of hydrogen-bond donors (Lipinski definition) is 2. The Bertz CT molecular complexity index is 933. The van der Waals surface area contributed by atoms with Crippen molar-refractivity contribution in [3.63, 3.8) is 0 Å². The van der Waals surface area contributed by atoms with Crippen LogP contribution in [0.2, 0.25) is 0 Å².